The Kier molecular flexibility index (Phi) is 4.07. The van der Waals surface area contributed by atoms with Crippen LogP contribution in [0.5, 0.6) is 0 Å². The smallest absolute Gasteiger partial charge is 0.338 e. The summed E-state index contributed by atoms with van der Waals surface area (Å²) in [6, 6.07) is 1.76. The number of esters is 1. The Labute approximate surface area is 102 Å². The van der Waals surface area contributed by atoms with Crippen molar-refractivity contribution in [1.82, 2.24) is 0 Å². The van der Waals surface area contributed by atoms with Crippen molar-refractivity contribution in [2.24, 2.45) is 5.14 Å². The number of nitrogens with two attached hydrogens (primary N) is 1. The molecule has 94 valence electrons. The highest BCUT2D eigenvalue weighted by Gasteiger charge is 2.21. The molecular formula is C9H9ClFNO4S. The van der Waals surface area contributed by atoms with Crippen LogP contribution in [0.2, 0.25) is 5.02 Å². The predicted octanol–water partition coefficient (Wildman–Crippen LogP) is 1.30. The normalized spacial score (nSPS) is 11.3. The first-order chi connectivity index (χ1) is 7.77. The van der Waals surface area contributed by atoms with E-state index < -0.39 is 31.7 Å². The molecule has 0 aliphatic carbocycles. The molecule has 8 heteroatoms. The van der Waals surface area contributed by atoms with E-state index in [1.165, 1.54) is 0 Å². The molecule has 0 fully saturated rings. The topological polar surface area (TPSA) is 86.5 Å². The minimum Gasteiger partial charge on any atom is -0.462 e. The molecule has 0 atom stereocenters. The largest absolute Gasteiger partial charge is 0.462 e. The Morgan fingerprint density at radius 1 is 1.53 bits per heavy atom. The first-order valence-corrected chi connectivity index (χ1v) is 6.38. The SMILES string of the molecule is CCOC(=O)c1cc(Cl)c(F)c(S(N)(=O)=O)c1. The van der Waals surface area contributed by atoms with Crippen LogP contribution in [-0.4, -0.2) is 21.0 Å². The average molecular weight is 282 g/mol. The van der Waals surface area contributed by atoms with Crippen molar-refractivity contribution in [2.45, 2.75) is 11.8 Å². The second kappa shape index (κ2) is 4.99. The number of sulfonamides is 1. The van der Waals surface area contributed by atoms with Crippen LogP contribution in [0.15, 0.2) is 17.0 Å². The molecule has 17 heavy (non-hydrogen) atoms. The van der Waals surface area contributed by atoms with E-state index in [1.807, 2.05) is 0 Å². The van der Waals surface area contributed by atoms with Gasteiger partial charge in [0.2, 0.25) is 10.0 Å². The van der Waals surface area contributed by atoms with Gasteiger partial charge in [0.05, 0.1) is 17.2 Å². The van der Waals surface area contributed by atoms with Crippen LogP contribution < -0.4 is 5.14 Å². The number of carbonyl (C=O) groups is 1. The molecule has 0 unspecified atom stereocenters. The fraction of sp³-hybridized carbons (Fsp3) is 0.222. The predicted molar refractivity (Wildman–Crippen MR) is 58.7 cm³/mol. The number of halogens is 2. The van der Waals surface area contributed by atoms with Gasteiger partial charge in [-0.25, -0.2) is 22.7 Å². The molecule has 1 aromatic rings. The van der Waals surface area contributed by atoms with Gasteiger partial charge in [0.1, 0.15) is 4.90 Å². The maximum absolute atomic E-state index is 13.4. The lowest BCUT2D eigenvalue weighted by Gasteiger charge is -2.06. The van der Waals surface area contributed by atoms with E-state index in [1.54, 1.807) is 6.92 Å². The molecule has 0 heterocycles. The quantitative estimate of drug-likeness (QED) is 0.846. The van der Waals surface area contributed by atoms with Crippen LogP contribution in [0, 0.1) is 5.82 Å². The Bertz CT molecular complexity index is 558. The number of carbonyl (C=O) groups excluding carboxylic acids is 1. The Morgan fingerprint density at radius 2 is 2.12 bits per heavy atom. The average Bonchev–Trinajstić information content (AvgIpc) is 2.20. The van der Waals surface area contributed by atoms with Gasteiger partial charge in [0.15, 0.2) is 5.82 Å². The van der Waals surface area contributed by atoms with E-state index in [4.69, 9.17) is 16.7 Å². The summed E-state index contributed by atoms with van der Waals surface area (Å²) >= 11 is 5.47. The summed E-state index contributed by atoms with van der Waals surface area (Å²) in [7, 11) is -4.29. The number of primary sulfonamides is 1. The molecule has 5 nitrogen and oxygen atoms in total. The van der Waals surface area contributed by atoms with E-state index in [0.717, 1.165) is 12.1 Å². The summed E-state index contributed by atoms with van der Waals surface area (Å²) < 4.78 is 40.1. The number of ether oxygens (including phenoxy) is 1. The van der Waals surface area contributed by atoms with Crippen molar-refractivity contribution in [3.8, 4) is 0 Å². The van der Waals surface area contributed by atoms with Crippen LogP contribution in [0.1, 0.15) is 17.3 Å². The Hall–Kier alpha value is -1.18. The second-order valence-corrected chi connectivity index (χ2v) is 4.97. The van der Waals surface area contributed by atoms with Gasteiger partial charge in [-0.05, 0) is 19.1 Å². The highest BCUT2D eigenvalue weighted by atomic mass is 35.5. The first-order valence-electron chi connectivity index (χ1n) is 4.46. The summed E-state index contributed by atoms with van der Waals surface area (Å²) in [5.41, 5.74) is -0.178. The highest BCUT2D eigenvalue weighted by molar-refractivity contribution is 7.89. The number of rotatable bonds is 3. The lowest BCUT2D eigenvalue weighted by molar-refractivity contribution is 0.0526. The summed E-state index contributed by atoms with van der Waals surface area (Å²) in [4.78, 5) is 10.5. The van der Waals surface area contributed by atoms with Gasteiger partial charge in [0, 0.05) is 0 Å². The summed E-state index contributed by atoms with van der Waals surface area (Å²) in [6.07, 6.45) is 0. The number of benzene rings is 1. The van der Waals surface area contributed by atoms with Gasteiger partial charge >= 0.3 is 5.97 Å². The van der Waals surface area contributed by atoms with Gasteiger partial charge in [-0.2, -0.15) is 0 Å². The molecule has 0 saturated heterocycles. The van der Waals surface area contributed by atoms with Crippen molar-refractivity contribution in [3.05, 3.63) is 28.5 Å². The van der Waals surface area contributed by atoms with E-state index >= 15 is 0 Å². The molecule has 0 amide bonds. The second-order valence-electron chi connectivity index (χ2n) is 3.04. The van der Waals surface area contributed by atoms with Crippen LogP contribution in [0.25, 0.3) is 0 Å². The summed E-state index contributed by atoms with van der Waals surface area (Å²) in [5, 5.41) is 4.28. The van der Waals surface area contributed by atoms with Crippen molar-refractivity contribution in [3.63, 3.8) is 0 Å². The fourth-order valence-corrected chi connectivity index (χ4v) is 2.03. The molecule has 0 spiro atoms. The summed E-state index contributed by atoms with van der Waals surface area (Å²) in [5.74, 6) is -2.00. The van der Waals surface area contributed by atoms with Gasteiger partial charge in [-0.1, -0.05) is 11.6 Å². The standard InChI is InChI=1S/C9H9ClFNO4S/c1-2-16-9(13)5-3-6(10)8(11)7(4-5)17(12,14)15/h3-4H,2H2,1H3,(H2,12,14,15). The van der Waals surface area contributed by atoms with Crippen LogP contribution in [-0.2, 0) is 14.8 Å². The maximum Gasteiger partial charge on any atom is 0.338 e. The zero-order chi connectivity index (χ0) is 13.2. The highest BCUT2D eigenvalue weighted by Crippen LogP contribution is 2.24. The molecular weight excluding hydrogens is 273 g/mol. The van der Waals surface area contributed by atoms with Crippen LogP contribution in [0.3, 0.4) is 0 Å². The molecule has 0 aromatic heterocycles. The first kappa shape index (κ1) is 13.9. The van der Waals surface area contributed by atoms with E-state index in [2.05, 4.69) is 4.74 Å². The number of hydrogen-bond acceptors (Lipinski definition) is 4. The fourth-order valence-electron chi connectivity index (χ4n) is 1.10. The van der Waals surface area contributed by atoms with Crippen molar-refractivity contribution < 1.29 is 22.3 Å². The molecule has 0 aliphatic heterocycles. The Balaban J connectivity index is 3.39. The van der Waals surface area contributed by atoms with Crippen LogP contribution in [0.4, 0.5) is 4.39 Å². The van der Waals surface area contributed by atoms with Gasteiger partial charge in [0.25, 0.3) is 0 Å². The lowest BCUT2D eigenvalue weighted by Crippen LogP contribution is -2.16. The lowest BCUT2D eigenvalue weighted by atomic mass is 10.2. The van der Waals surface area contributed by atoms with E-state index in [-0.39, 0.29) is 12.2 Å². The van der Waals surface area contributed by atoms with E-state index in [0.29, 0.717) is 0 Å². The van der Waals surface area contributed by atoms with Crippen LogP contribution >= 0.6 is 11.6 Å². The monoisotopic (exact) mass is 281 g/mol. The van der Waals surface area contributed by atoms with Crippen molar-refractivity contribution in [1.29, 1.82) is 0 Å². The molecule has 1 aromatic carbocycles. The minimum atomic E-state index is -4.29. The third kappa shape index (κ3) is 3.15. The third-order valence-corrected chi connectivity index (χ3v) is 3.00. The number of hydrogen-bond donors (Lipinski definition) is 1. The molecule has 1 rings (SSSR count). The third-order valence-electron chi connectivity index (χ3n) is 1.81. The van der Waals surface area contributed by atoms with Gasteiger partial charge in [-0.3, -0.25) is 0 Å². The molecule has 2 N–H and O–H groups in total. The molecule has 0 aliphatic rings. The molecule has 0 radical (unpaired) electrons. The van der Waals surface area contributed by atoms with Crippen molar-refractivity contribution >= 4 is 27.6 Å². The van der Waals surface area contributed by atoms with Gasteiger partial charge < -0.3 is 4.74 Å². The minimum absolute atomic E-state index is 0.0958. The zero-order valence-electron chi connectivity index (χ0n) is 8.74. The summed E-state index contributed by atoms with van der Waals surface area (Å²) in [6.45, 7) is 1.67. The van der Waals surface area contributed by atoms with E-state index in [9.17, 15) is 17.6 Å². The van der Waals surface area contributed by atoms with Crippen molar-refractivity contribution in [2.75, 3.05) is 6.61 Å². The van der Waals surface area contributed by atoms with Gasteiger partial charge in [-0.15, -0.1) is 0 Å². The Morgan fingerprint density at radius 3 is 2.59 bits per heavy atom. The zero-order valence-corrected chi connectivity index (χ0v) is 10.3. The molecule has 0 bridgehead atoms. The maximum atomic E-state index is 13.4. The molecule has 0 saturated carbocycles.